The fourth-order valence-electron chi connectivity index (χ4n) is 3.98. The first-order valence-electron chi connectivity index (χ1n) is 11.3. The Hall–Kier alpha value is -3.43. The average Bonchev–Trinajstić information content (AvgIpc) is 3.73. The predicted octanol–water partition coefficient (Wildman–Crippen LogP) is 5.88. The molecule has 0 radical (unpaired) electrons. The van der Waals surface area contributed by atoms with Crippen LogP contribution in [0.2, 0.25) is 0 Å². The lowest BCUT2D eigenvalue weighted by molar-refractivity contribution is -0.118. The smallest absolute Gasteiger partial charge is 0.229 e. The van der Waals surface area contributed by atoms with Crippen LogP contribution in [0.5, 0.6) is 17.2 Å². The molecule has 1 aliphatic heterocycles. The molecule has 2 fully saturated rings. The van der Waals surface area contributed by atoms with Gasteiger partial charge >= 0.3 is 0 Å². The van der Waals surface area contributed by atoms with E-state index in [0.717, 1.165) is 27.8 Å². The Bertz CT molecular complexity index is 1270. The minimum atomic E-state index is 0.111. The van der Waals surface area contributed by atoms with Gasteiger partial charge in [-0.1, -0.05) is 6.07 Å². The van der Waals surface area contributed by atoms with E-state index in [1.54, 1.807) is 24.4 Å². The number of Topliss-reactive ketones (excluding diaryl/α,β-unsaturated/α-hetero) is 1. The Labute approximate surface area is 193 Å². The molecule has 2 aliphatic rings. The fourth-order valence-corrected chi connectivity index (χ4v) is 3.98. The molecule has 6 heteroatoms. The number of ketones is 1. The van der Waals surface area contributed by atoms with Gasteiger partial charge in [-0.05, 0) is 73.6 Å². The minimum Gasteiger partial charge on any atom is -0.502 e. The van der Waals surface area contributed by atoms with Gasteiger partial charge in [0.2, 0.25) is 5.69 Å². The average molecular weight is 443 g/mol. The van der Waals surface area contributed by atoms with Gasteiger partial charge in [-0.15, -0.1) is 0 Å². The Kier molecular flexibility index (Phi) is 5.74. The lowest BCUT2D eigenvalue weighted by atomic mass is 9.97. The van der Waals surface area contributed by atoms with Crippen LogP contribution in [0.15, 0.2) is 36.5 Å². The summed E-state index contributed by atoms with van der Waals surface area (Å²) in [6.07, 6.45) is 5.35. The number of ether oxygens (including phenoxy) is 3. The molecular weight excluding hydrogens is 416 g/mol. The molecule has 2 aromatic carbocycles. The van der Waals surface area contributed by atoms with Crippen molar-refractivity contribution in [3.63, 3.8) is 0 Å². The van der Waals surface area contributed by atoms with E-state index >= 15 is 0 Å². The summed E-state index contributed by atoms with van der Waals surface area (Å²) in [6, 6.07) is 9.27. The lowest BCUT2D eigenvalue weighted by Gasteiger charge is -2.16. The molecule has 3 aromatic rings. The summed E-state index contributed by atoms with van der Waals surface area (Å²) in [7, 11) is 0. The van der Waals surface area contributed by atoms with Gasteiger partial charge in [-0.3, -0.25) is 9.78 Å². The molecule has 6 nitrogen and oxygen atoms in total. The third-order valence-corrected chi connectivity index (χ3v) is 6.40. The maximum atomic E-state index is 12.3. The third kappa shape index (κ3) is 4.84. The Morgan fingerprint density at radius 3 is 2.70 bits per heavy atom. The van der Waals surface area contributed by atoms with Crippen LogP contribution in [-0.4, -0.2) is 30.1 Å². The summed E-state index contributed by atoms with van der Waals surface area (Å²) in [4.78, 5) is 20.4. The second kappa shape index (κ2) is 8.84. The van der Waals surface area contributed by atoms with Gasteiger partial charge in [0, 0.05) is 24.4 Å². The normalized spacial score (nSPS) is 16.9. The second-order valence-corrected chi connectivity index (χ2v) is 8.96. The van der Waals surface area contributed by atoms with Crippen molar-refractivity contribution in [2.45, 2.75) is 45.6 Å². The molecule has 0 spiro atoms. The van der Waals surface area contributed by atoms with Crippen molar-refractivity contribution in [1.82, 2.24) is 4.98 Å². The largest absolute Gasteiger partial charge is 0.502 e. The van der Waals surface area contributed by atoms with Gasteiger partial charge in [0.05, 0.1) is 18.7 Å². The molecule has 1 aliphatic carbocycles. The van der Waals surface area contributed by atoms with E-state index in [-0.39, 0.29) is 6.10 Å². The van der Waals surface area contributed by atoms with Crippen LogP contribution in [0, 0.1) is 26.3 Å². The maximum absolute atomic E-state index is 12.3. The van der Waals surface area contributed by atoms with E-state index < -0.39 is 0 Å². The molecule has 2 heterocycles. The SMILES string of the molecule is [C-]#[N+]c1cc2c(Oc3ccc(CC(=O)CC4CC4)c(C)c3C)ccnc2cc1OC[C@H]1CO1. The zero-order valence-corrected chi connectivity index (χ0v) is 18.9. The van der Waals surface area contributed by atoms with Crippen LogP contribution in [0.4, 0.5) is 5.69 Å². The van der Waals surface area contributed by atoms with Crippen LogP contribution >= 0.6 is 0 Å². The lowest BCUT2D eigenvalue weighted by Crippen LogP contribution is -2.06. The molecule has 0 N–H and O–H groups in total. The third-order valence-electron chi connectivity index (χ3n) is 6.40. The van der Waals surface area contributed by atoms with Gasteiger partial charge in [0.15, 0.2) is 0 Å². The second-order valence-electron chi connectivity index (χ2n) is 8.96. The van der Waals surface area contributed by atoms with E-state index in [0.29, 0.717) is 60.5 Å². The highest BCUT2D eigenvalue weighted by Crippen LogP contribution is 2.39. The number of aromatic nitrogens is 1. The van der Waals surface area contributed by atoms with Gasteiger partial charge < -0.3 is 14.2 Å². The number of carbonyl (C=O) groups is 1. The Morgan fingerprint density at radius 1 is 1.15 bits per heavy atom. The number of nitrogens with zero attached hydrogens (tertiary/aromatic N) is 2. The van der Waals surface area contributed by atoms with Crippen molar-refractivity contribution >= 4 is 22.4 Å². The molecule has 1 aromatic heterocycles. The van der Waals surface area contributed by atoms with Crippen molar-refractivity contribution in [2.75, 3.05) is 13.2 Å². The van der Waals surface area contributed by atoms with Crippen LogP contribution < -0.4 is 9.47 Å². The summed E-state index contributed by atoms with van der Waals surface area (Å²) >= 11 is 0. The van der Waals surface area contributed by atoms with Crippen LogP contribution in [0.3, 0.4) is 0 Å². The van der Waals surface area contributed by atoms with Crippen molar-refractivity contribution in [1.29, 1.82) is 0 Å². The first kappa shape index (κ1) is 21.4. The fraction of sp³-hybridized carbons (Fsp3) is 0.370. The summed E-state index contributed by atoms with van der Waals surface area (Å²) in [5, 5.41) is 0.749. The molecule has 0 unspecified atom stereocenters. The van der Waals surface area contributed by atoms with Crippen molar-refractivity contribution < 1.29 is 19.0 Å². The molecule has 168 valence electrons. The number of rotatable bonds is 9. The number of benzene rings is 2. The number of carbonyl (C=O) groups excluding carboxylic acids is 1. The standard InChI is InChI=1S/C27H26N2O4/c1-16-17(2)25(7-6-19(16)11-20(30)10-18-4-5-18)33-26-8-9-29-23-13-27(32-15-21-14-31-21)24(28-3)12-22(23)26/h6-9,12-13,18,21H,4-5,10-11,14-15H2,1-2H3/t21-/m1/s1. The zero-order chi connectivity index (χ0) is 22.9. The van der Waals surface area contributed by atoms with Crippen molar-refractivity contribution in [3.8, 4) is 17.2 Å². The van der Waals surface area contributed by atoms with Crippen LogP contribution in [-0.2, 0) is 16.0 Å². The van der Waals surface area contributed by atoms with Crippen molar-refractivity contribution in [2.24, 2.45) is 5.92 Å². The van der Waals surface area contributed by atoms with Gasteiger partial charge in [-0.25, -0.2) is 4.85 Å². The van der Waals surface area contributed by atoms with Crippen molar-refractivity contribution in [3.05, 3.63) is 64.6 Å². The van der Waals surface area contributed by atoms with E-state index in [1.165, 1.54) is 12.8 Å². The number of hydrogen-bond acceptors (Lipinski definition) is 5. The molecular formula is C27H26N2O4. The zero-order valence-electron chi connectivity index (χ0n) is 18.9. The molecule has 0 bridgehead atoms. The first-order valence-corrected chi connectivity index (χ1v) is 11.3. The number of epoxide rings is 1. The van der Waals surface area contributed by atoms with E-state index in [1.807, 2.05) is 26.0 Å². The Balaban J connectivity index is 1.40. The van der Waals surface area contributed by atoms with Gasteiger partial charge in [0.25, 0.3) is 0 Å². The summed E-state index contributed by atoms with van der Waals surface area (Å²) < 4.78 is 17.3. The summed E-state index contributed by atoms with van der Waals surface area (Å²) in [5.74, 6) is 2.78. The van der Waals surface area contributed by atoms with E-state index in [2.05, 4.69) is 9.83 Å². The molecule has 1 atom stereocenters. The Morgan fingerprint density at radius 2 is 1.97 bits per heavy atom. The van der Waals surface area contributed by atoms with E-state index in [4.69, 9.17) is 20.8 Å². The number of hydrogen-bond donors (Lipinski definition) is 0. The minimum absolute atomic E-state index is 0.111. The monoisotopic (exact) mass is 442 g/mol. The number of pyridine rings is 1. The highest BCUT2D eigenvalue weighted by atomic mass is 16.6. The molecule has 1 saturated heterocycles. The summed E-state index contributed by atoms with van der Waals surface area (Å²) in [5.41, 5.74) is 4.25. The molecule has 1 saturated carbocycles. The van der Waals surface area contributed by atoms with Gasteiger partial charge in [0.1, 0.15) is 35.7 Å². The topological polar surface area (TPSA) is 65.3 Å². The van der Waals surface area contributed by atoms with E-state index in [9.17, 15) is 4.79 Å². The quantitative estimate of drug-likeness (QED) is 0.306. The van der Waals surface area contributed by atoms with Gasteiger partial charge in [-0.2, -0.15) is 0 Å². The summed E-state index contributed by atoms with van der Waals surface area (Å²) in [6.45, 7) is 12.7. The predicted molar refractivity (Wildman–Crippen MR) is 125 cm³/mol. The first-order chi connectivity index (χ1) is 16.0. The highest BCUT2D eigenvalue weighted by molar-refractivity contribution is 5.91. The van der Waals surface area contributed by atoms with Crippen LogP contribution in [0.25, 0.3) is 15.7 Å². The molecule has 5 rings (SSSR count). The van der Waals surface area contributed by atoms with Crippen LogP contribution in [0.1, 0.15) is 36.0 Å². The molecule has 33 heavy (non-hydrogen) atoms. The number of fused-ring (bicyclic) bond motifs is 1. The maximum Gasteiger partial charge on any atom is 0.229 e. The molecule has 0 amide bonds. The highest BCUT2D eigenvalue weighted by Gasteiger charge is 2.25.